The molecule has 0 bridgehead atoms. The molecule has 0 spiro atoms. The summed E-state index contributed by atoms with van der Waals surface area (Å²) in [5.74, 6) is 1.93. The zero-order valence-electron chi connectivity index (χ0n) is 20.1. The van der Waals surface area contributed by atoms with E-state index in [9.17, 15) is 14.7 Å². The molecule has 1 aromatic heterocycles. The number of fused-ring (bicyclic) bond motifs is 2. The van der Waals surface area contributed by atoms with Crippen molar-refractivity contribution in [2.45, 2.75) is 12.5 Å². The maximum atomic E-state index is 12.5. The number of benzene rings is 2. The minimum atomic E-state index is -0.762. The maximum absolute atomic E-state index is 12.5. The first-order valence-corrected chi connectivity index (χ1v) is 11.3. The van der Waals surface area contributed by atoms with Crippen molar-refractivity contribution >= 4 is 6.21 Å². The molecule has 11 nitrogen and oxygen atoms in total. The molecule has 0 saturated carbocycles. The number of nitrogens with zero attached hydrogens (tertiary/aromatic N) is 3. The molecule has 0 aliphatic carbocycles. The normalized spacial score (nSPS) is 16.8. The van der Waals surface area contributed by atoms with E-state index < -0.39 is 17.1 Å². The highest BCUT2D eigenvalue weighted by molar-refractivity contribution is 5.82. The van der Waals surface area contributed by atoms with Gasteiger partial charge in [0.1, 0.15) is 11.3 Å². The fourth-order valence-electron chi connectivity index (χ4n) is 4.63. The molecule has 5 rings (SSSR count). The SMILES string of the molecule is COc1ccc(-n2c(O)c(C=NC[C@@H]3c4c(cc5c(c4OC)OCO5)CCN3C)c(=O)[nH]c2=O)cc1. The van der Waals surface area contributed by atoms with Crippen LogP contribution in [0.15, 0.2) is 44.9 Å². The first kappa shape index (κ1) is 23.5. The zero-order chi connectivity index (χ0) is 25.4. The van der Waals surface area contributed by atoms with Gasteiger partial charge in [-0.05, 0) is 49.4 Å². The third kappa shape index (κ3) is 3.97. The van der Waals surface area contributed by atoms with E-state index in [1.807, 2.05) is 13.1 Å². The van der Waals surface area contributed by atoms with Crippen molar-refractivity contribution < 1.29 is 24.1 Å². The van der Waals surface area contributed by atoms with Gasteiger partial charge in [-0.2, -0.15) is 0 Å². The number of H-pyrrole nitrogens is 1. The van der Waals surface area contributed by atoms with Gasteiger partial charge in [0.2, 0.25) is 18.4 Å². The summed E-state index contributed by atoms with van der Waals surface area (Å²) in [6.07, 6.45) is 2.10. The van der Waals surface area contributed by atoms with Crippen LogP contribution in [0.2, 0.25) is 0 Å². The first-order valence-electron chi connectivity index (χ1n) is 11.3. The third-order valence-corrected chi connectivity index (χ3v) is 6.50. The van der Waals surface area contributed by atoms with Gasteiger partial charge in [-0.3, -0.25) is 19.7 Å². The molecule has 3 heterocycles. The summed E-state index contributed by atoms with van der Waals surface area (Å²) in [4.78, 5) is 33.9. The summed E-state index contributed by atoms with van der Waals surface area (Å²) in [6.45, 7) is 1.21. The number of methoxy groups -OCH3 is 2. The summed E-state index contributed by atoms with van der Waals surface area (Å²) in [6, 6.07) is 8.31. The van der Waals surface area contributed by atoms with Crippen LogP contribution in [-0.2, 0) is 6.42 Å². The number of ether oxygens (including phenoxy) is 4. The van der Waals surface area contributed by atoms with E-state index in [4.69, 9.17) is 18.9 Å². The summed E-state index contributed by atoms with van der Waals surface area (Å²) < 4.78 is 23.0. The van der Waals surface area contributed by atoms with Crippen molar-refractivity contribution in [3.63, 3.8) is 0 Å². The number of aromatic nitrogens is 2. The van der Waals surface area contributed by atoms with Gasteiger partial charge in [-0.1, -0.05) is 0 Å². The zero-order valence-corrected chi connectivity index (χ0v) is 20.1. The minimum Gasteiger partial charge on any atom is -0.497 e. The Morgan fingerprint density at radius 1 is 1.19 bits per heavy atom. The van der Waals surface area contributed by atoms with Crippen LogP contribution in [0, 0.1) is 0 Å². The molecular formula is C25H26N4O7. The molecule has 2 aliphatic rings. The fourth-order valence-corrected chi connectivity index (χ4v) is 4.63. The van der Waals surface area contributed by atoms with Crippen LogP contribution < -0.4 is 30.2 Å². The Balaban J connectivity index is 1.49. The number of nitrogens with one attached hydrogen (secondary N) is 1. The third-order valence-electron chi connectivity index (χ3n) is 6.50. The van der Waals surface area contributed by atoms with Crippen molar-refractivity contribution in [3.8, 4) is 34.6 Å². The van der Waals surface area contributed by atoms with Gasteiger partial charge >= 0.3 is 5.69 Å². The molecule has 188 valence electrons. The Labute approximate surface area is 206 Å². The highest BCUT2D eigenvalue weighted by atomic mass is 16.7. The lowest BCUT2D eigenvalue weighted by Crippen LogP contribution is -2.34. The topological polar surface area (TPSA) is 128 Å². The second-order valence-electron chi connectivity index (χ2n) is 8.49. The standard InChI is InChI=1S/C25H26N4O7/c1-28-9-8-14-10-19-21(36-13-35-19)22(34-3)20(14)18(28)12-26-11-17-23(30)27-25(32)29(24(17)31)15-4-6-16(33-2)7-5-15/h4-7,10-11,18,31H,8-9,12-13H2,1-3H3,(H,27,30,32)/t18-/m1/s1. The van der Waals surface area contributed by atoms with Gasteiger partial charge < -0.3 is 24.1 Å². The van der Waals surface area contributed by atoms with E-state index >= 15 is 0 Å². The van der Waals surface area contributed by atoms with E-state index in [0.29, 0.717) is 28.7 Å². The second kappa shape index (κ2) is 9.42. The van der Waals surface area contributed by atoms with Gasteiger partial charge in [-0.25, -0.2) is 9.36 Å². The molecule has 2 aromatic carbocycles. The Hall–Kier alpha value is -4.25. The van der Waals surface area contributed by atoms with Crippen LogP contribution in [0.25, 0.3) is 5.69 Å². The van der Waals surface area contributed by atoms with Gasteiger partial charge in [0.05, 0.1) is 32.5 Å². The lowest BCUT2D eigenvalue weighted by molar-refractivity contribution is 0.170. The van der Waals surface area contributed by atoms with Gasteiger partial charge in [0, 0.05) is 18.3 Å². The van der Waals surface area contributed by atoms with Crippen molar-refractivity contribution in [2.24, 2.45) is 4.99 Å². The van der Waals surface area contributed by atoms with Crippen LogP contribution in [0.4, 0.5) is 0 Å². The minimum absolute atomic E-state index is 0.123. The first-order chi connectivity index (χ1) is 17.4. The molecule has 0 amide bonds. The molecule has 0 radical (unpaired) electrons. The molecule has 2 N–H and O–H groups in total. The van der Waals surface area contributed by atoms with E-state index in [1.165, 1.54) is 13.3 Å². The maximum Gasteiger partial charge on any atom is 0.335 e. The van der Waals surface area contributed by atoms with Crippen molar-refractivity contribution in [3.05, 3.63) is 67.9 Å². The van der Waals surface area contributed by atoms with Crippen molar-refractivity contribution in [2.75, 3.05) is 41.1 Å². The number of likely N-dealkylation sites (N-methyl/N-ethyl adjacent to an activating group) is 1. The van der Waals surface area contributed by atoms with Crippen LogP contribution in [0.5, 0.6) is 28.9 Å². The number of hydrogen-bond acceptors (Lipinski definition) is 9. The Kier molecular flexibility index (Phi) is 6.15. The number of aromatic amines is 1. The Morgan fingerprint density at radius 3 is 2.69 bits per heavy atom. The number of aromatic hydroxyl groups is 1. The van der Waals surface area contributed by atoms with E-state index in [1.54, 1.807) is 31.4 Å². The summed E-state index contributed by atoms with van der Waals surface area (Å²) in [5.41, 5.74) is 0.788. The second-order valence-corrected chi connectivity index (χ2v) is 8.49. The van der Waals surface area contributed by atoms with Crippen molar-refractivity contribution in [1.82, 2.24) is 14.5 Å². The highest BCUT2D eigenvalue weighted by Crippen LogP contribution is 2.49. The quantitative estimate of drug-likeness (QED) is 0.495. The largest absolute Gasteiger partial charge is 0.497 e. The Bertz CT molecular complexity index is 1440. The summed E-state index contributed by atoms with van der Waals surface area (Å²) in [7, 11) is 5.10. The number of hydrogen-bond donors (Lipinski definition) is 2. The average molecular weight is 495 g/mol. The molecular weight excluding hydrogens is 468 g/mol. The van der Waals surface area contributed by atoms with E-state index in [2.05, 4.69) is 14.9 Å². The molecule has 0 saturated heterocycles. The van der Waals surface area contributed by atoms with Crippen molar-refractivity contribution in [1.29, 1.82) is 0 Å². The monoisotopic (exact) mass is 494 g/mol. The smallest absolute Gasteiger partial charge is 0.335 e. The number of rotatable bonds is 6. The van der Waals surface area contributed by atoms with Gasteiger partial charge in [0.15, 0.2) is 11.5 Å². The summed E-state index contributed by atoms with van der Waals surface area (Å²) in [5, 5.41) is 10.8. The molecule has 36 heavy (non-hydrogen) atoms. The number of aliphatic imine (C=N–C) groups is 1. The molecule has 1 atom stereocenters. The summed E-state index contributed by atoms with van der Waals surface area (Å²) >= 11 is 0. The Morgan fingerprint density at radius 2 is 1.97 bits per heavy atom. The van der Waals surface area contributed by atoms with Crippen LogP contribution >= 0.6 is 0 Å². The van der Waals surface area contributed by atoms with E-state index in [-0.39, 0.29) is 24.9 Å². The highest BCUT2D eigenvalue weighted by Gasteiger charge is 2.33. The lowest BCUT2D eigenvalue weighted by Gasteiger charge is -2.35. The van der Waals surface area contributed by atoms with E-state index in [0.717, 1.165) is 28.7 Å². The van der Waals surface area contributed by atoms with Gasteiger partial charge in [-0.15, -0.1) is 0 Å². The predicted octanol–water partition coefficient (Wildman–Crippen LogP) is 1.63. The van der Waals surface area contributed by atoms with Crippen LogP contribution in [0.3, 0.4) is 0 Å². The average Bonchev–Trinajstić information content (AvgIpc) is 3.34. The molecule has 0 unspecified atom stereocenters. The fraction of sp³-hybridized carbons (Fsp3) is 0.320. The molecule has 3 aromatic rings. The van der Waals surface area contributed by atoms with Crippen LogP contribution in [0.1, 0.15) is 22.7 Å². The van der Waals surface area contributed by atoms with Crippen LogP contribution in [-0.4, -0.2) is 66.9 Å². The molecule has 2 aliphatic heterocycles. The van der Waals surface area contributed by atoms with Gasteiger partial charge in [0.25, 0.3) is 5.56 Å². The lowest BCUT2D eigenvalue weighted by atomic mass is 9.91. The molecule has 11 heteroatoms. The predicted molar refractivity (Wildman–Crippen MR) is 132 cm³/mol. The molecule has 0 fully saturated rings.